The fourth-order valence-electron chi connectivity index (χ4n) is 3.69. The van der Waals surface area contributed by atoms with Gasteiger partial charge in [-0.3, -0.25) is 10.1 Å². The number of hydrogen-bond acceptors (Lipinski definition) is 8. The van der Waals surface area contributed by atoms with Crippen LogP contribution in [0.3, 0.4) is 0 Å². The Bertz CT molecular complexity index is 1150. The van der Waals surface area contributed by atoms with Crippen LogP contribution in [0.5, 0.6) is 11.5 Å². The fraction of sp³-hybridized carbons (Fsp3) is 0.417. The Kier molecular flexibility index (Phi) is 7.69. The molecule has 0 atom stereocenters. The number of rotatable bonds is 10. The Hall–Kier alpha value is -3.11. The van der Waals surface area contributed by atoms with Gasteiger partial charge < -0.3 is 18.8 Å². The van der Waals surface area contributed by atoms with Crippen LogP contribution in [0.1, 0.15) is 43.3 Å². The average molecular weight is 485 g/mol. The van der Waals surface area contributed by atoms with Gasteiger partial charge in [0.05, 0.1) is 11.5 Å². The molecular formula is C24H28N4O5S. The normalized spacial score (nSPS) is 12.9. The quantitative estimate of drug-likeness (QED) is 0.221. The molecule has 0 radical (unpaired) electrons. The summed E-state index contributed by atoms with van der Waals surface area (Å²) in [5, 5.41) is 20.9. The minimum atomic E-state index is -0.396. The molecule has 0 saturated carbocycles. The smallest absolute Gasteiger partial charge is 0.270 e. The zero-order chi connectivity index (χ0) is 24.1. The molecule has 180 valence electrons. The average Bonchev–Trinajstić information content (AvgIpc) is 3.21. The lowest BCUT2D eigenvalue weighted by atomic mass is 10.1. The third-order valence-corrected chi connectivity index (χ3v) is 6.40. The number of nitrogens with zero attached hydrogens (tertiary/aromatic N) is 4. The van der Waals surface area contributed by atoms with E-state index in [0.717, 1.165) is 35.3 Å². The van der Waals surface area contributed by atoms with Crippen LogP contribution < -0.4 is 9.47 Å². The Balaban J connectivity index is 1.52. The molecule has 4 rings (SSSR count). The maximum absolute atomic E-state index is 11.4. The van der Waals surface area contributed by atoms with Crippen molar-refractivity contribution in [1.29, 1.82) is 0 Å². The van der Waals surface area contributed by atoms with E-state index < -0.39 is 4.92 Å². The first-order chi connectivity index (χ1) is 16.4. The molecule has 0 bridgehead atoms. The highest BCUT2D eigenvalue weighted by Crippen LogP contribution is 2.36. The van der Waals surface area contributed by atoms with Crippen LogP contribution in [0.4, 0.5) is 5.69 Å². The molecule has 10 heteroatoms. The molecule has 1 aliphatic rings. The van der Waals surface area contributed by atoms with Crippen molar-refractivity contribution < 1.29 is 19.1 Å². The van der Waals surface area contributed by atoms with Crippen LogP contribution in [0.2, 0.25) is 0 Å². The number of aromatic nitrogens is 3. The fourth-order valence-corrected chi connectivity index (χ4v) is 4.62. The molecule has 34 heavy (non-hydrogen) atoms. The molecule has 0 N–H and O–H groups in total. The first-order valence-electron chi connectivity index (χ1n) is 11.2. The lowest BCUT2D eigenvalue weighted by Crippen LogP contribution is -2.14. The minimum absolute atomic E-state index is 0.0234. The molecule has 1 aromatic heterocycles. The van der Waals surface area contributed by atoms with Gasteiger partial charge in [-0.1, -0.05) is 44.7 Å². The van der Waals surface area contributed by atoms with Gasteiger partial charge in [-0.15, -0.1) is 10.2 Å². The van der Waals surface area contributed by atoms with Crippen molar-refractivity contribution in [2.75, 3.05) is 6.79 Å². The summed E-state index contributed by atoms with van der Waals surface area (Å²) in [5.74, 6) is 3.01. The topological polar surface area (TPSA) is 102 Å². The highest BCUT2D eigenvalue weighted by molar-refractivity contribution is 7.98. The number of hydrogen-bond donors (Lipinski definition) is 0. The van der Waals surface area contributed by atoms with Crippen molar-refractivity contribution in [3.8, 4) is 11.5 Å². The van der Waals surface area contributed by atoms with Crippen LogP contribution in [-0.4, -0.2) is 26.5 Å². The number of nitro groups is 1. The van der Waals surface area contributed by atoms with Gasteiger partial charge in [-0.2, -0.15) is 0 Å². The number of non-ortho nitro benzene ring substituents is 1. The van der Waals surface area contributed by atoms with Crippen molar-refractivity contribution in [2.24, 2.45) is 5.92 Å². The Morgan fingerprint density at radius 1 is 1.24 bits per heavy atom. The second kappa shape index (κ2) is 10.9. The Labute approximate surface area is 202 Å². The van der Waals surface area contributed by atoms with Gasteiger partial charge in [0.1, 0.15) is 18.1 Å². The number of thioether (sulfide) groups is 1. The maximum Gasteiger partial charge on any atom is 0.270 e. The van der Waals surface area contributed by atoms with Crippen LogP contribution in [-0.2, 0) is 36.7 Å². The number of benzene rings is 2. The van der Waals surface area contributed by atoms with E-state index in [0.29, 0.717) is 36.2 Å². The molecular weight excluding hydrogens is 456 g/mol. The molecule has 3 aromatic rings. The molecule has 2 aromatic carbocycles. The van der Waals surface area contributed by atoms with Crippen molar-refractivity contribution in [1.82, 2.24) is 14.8 Å². The third kappa shape index (κ3) is 5.68. The van der Waals surface area contributed by atoms with E-state index in [1.807, 2.05) is 12.1 Å². The van der Waals surface area contributed by atoms with E-state index in [1.54, 1.807) is 6.07 Å². The van der Waals surface area contributed by atoms with E-state index in [1.165, 1.54) is 23.4 Å². The van der Waals surface area contributed by atoms with E-state index in [2.05, 4.69) is 47.7 Å². The van der Waals surface area contributed by atoms with Crippen LogP contribution in [0.25, 0.3) is 0 Å². The van der Waals surface area contributed by atoms with Crippen molar-refractivity contribution in [2.45, 2.75) is 57.9 Å². The van der Waals surface area contributed by atoms with E-state index in [4.69, 9.17) is 14.2 Å². The monoisotopic (exact) mass is 484 g/mol. The Morgan fingerprint density at radius 2 is 2.03 bits per heavy atom. The van der Waals surface area contributed by atoms with Gasteiger partial charge in [-0.05, 0) is 30.0 Å². The number of fused-ring (bicyclic) bond motifs is 1. The predicted octanol–water partition coefficient (Wildman–Crippen LogP) is 5.14. The number of ether oxygens (including phenoxy) is 3. The van der Waals surface area contributed by atoms with Crippen molar-refractivity contribution >= 4 is 17.4 Å². The van der Waals surface area contributed by atoms with Crippen LogP contribution in [0.15, 0.2) is 41.6 Å². The number of nitro benzene ring substituents is 1. The lowest BCUT2D eigenvalue weighted by molar-refractivity contribution is -0.385. The lowest BCUT2D eigenvalue weighted by Gasteiger charge is -2.20. The predicted molar refractivity (Wildman–Crippen MR) is 128 cm³/mol. The standard InChI is InChI=1S/C24H28N4O5S/c1-4-17-5-7-21(8-6-17)32-13-22-25-26-24(27(22)11-16(2)3)34-14-19-10-20(28(29)30)9-18-12-31-15-33-23(18)19/h5-10,16H,4,11-15H2,1-3H3. The van der Waals surface area contributed by atoms with E-state index >= 15 is 0 Å². The first-order valence-corrected chi connectivity index (χ1v) is 12.2. The van der Waals surface area contributed by atoms with Crippen LogP contribution >= 0.6 is 11.8 Å². The zero-order valence-electron chi connectivity index (χ0n) is 19.5. The molecule has 0 unspecified atom stereocenters. The maximum atomic E-state index is 11.4. The summed E-state index contributed by atoms with van der Waals surface area (Å²) in [7, 11) is 0. The Morgan fingerprint density at radius 3 is 2.74 bits per heavy atom. The van der Waals surface area contributed by atoms with Gasteiger partial charge in [0, 0.05) is 35.6 Å². The third-order valence-electron chi connectivity index (χ3n) is 5.38. The summed E-state index contributed by atoms with van der Waals surface area (Å²) < 4.78 is 19.0. The molecule has 0 amide bonds. The summed E-state index contributed by atoms with van der Waals surface area (Å²) in [6, 6.07) is 11.1. The largest absolute Gasteiger partial charge is 0.486 e. The molecule has 0 spiro atoms. The molecule has 9 nitrogen and oxygen atoms in total. The molecule has 2 heterocycles. The summed E-state index contributed by atoms with van der Waals surface area (Å²) in [6.07, 6.45) is 0.982. The second-order valence-corrected chi connectivity index (χ2v) is 9.38. The molecule has 0 fully saturated rings. The molecule has 0 aliphatic carbocycles. The second-order valence-electron chi connectivity index (χ2n) is 8.44. The van der Waals surface area contributed by atoms with Gasteiger partial charge in [0.15, 0.2) is 17.8 Å². The summed E-state index contributed by atoms with van der Waals surface area (Å²) >= 11 is 1.47. The highest BCUT2D eigenvalue weighted by atomic mass is 32.2. The van der Waals surface area contributed by atoms with Crippen molar-refractivity contribution in [3.63, 3.8) is 0 Å². The van der Waals surface area contributed by atoms with E-state index in [9.17, 15) is 10.1 Å². The van der Waals surface area contributed by atoms with Crippen molar-refractivity contribution in [3.05, 3.63) is 69.0 Å². The van der Waals surface area contributed by atoms with Crippen LogP contribution in [0, 0.1) is 16.0 Å². The molecule has 0 saturated heterocycles. The summed E-state index contributed by atoms with van der Waals surface area (Å²) in [6.45, 7) is 7.84. The van der Waals surface area contributed by atoms with E-state index in [-0.39, 0.29) is 12.5 Å². The zero-order valence-corrected chi connectivity index (χ0v) is 20.3. The highest BCUT2D eigenvalue weighted by Gasteiger charge is 2.22. The minimum Gasteiger partial charge on any atom is -0.486 e. The first kappa shape index (κ1) is 24.0. The molecule has 1 aliphatic heterocycles. The van der Waals surface area contributed by atoms with Gasteiger partial charge in [0.25, 0.3) is 5.69 Å². The van der Waals surface area contributed by atoms with Gasteiger partial charge >= 0.3 is 0 Å². The summed E-state index contributed by atoms with van der Waals surface area (Å²) in [4.78, 5) is 11.0. The van der Waals surface area contributed by atoms with Gasteiger partial charge in [-0.25, -0.2) is 0 Å². The summed E-state index contributed by atoms with van der Waals surface area (Å²) in [5.41, 5.74) is 2.71. The van der Waals surface area contributed by atoms with Gasteiger partial charge in [0.2, 0.25) is 0 Å². The number of aryl methyl sites for hydroxylation is 1. The SMILES string of the molecule is CCc1ccc(OCc2nnc(SCc3cc([N+](=O)[O-])cc4c3OCOC4)n2CC(C)C)cc1.